The lowest BCUT2D eigenvalue weighted by molar-refractivity contribution is 0.181. The molecule has 2 aromatic rings. The highest BCUT2D eigenvalue weighted by Crippen LogP contribution is 2.38. The van der Waals surface area contributed by atoms with Crippen molar-refractivity contribution in [1.29, 1.82) is 0 Å². The van der Waals surface area contributed by atoms with Crippen molar-refractivity contribution in [2.45, 2.75) is 17.0 Å². The molecule has 0 radical (unpaired) electrons. The number of thioether (sulfide) groups is 1. The molecule has 1 aliphatic rings. The Balaban J connectivity index is 1.85. The minimum absolute atomic E-state index is 0.0894. The minimum atomic E-state index is -0.268. The Hall–Kier alpha value is -1.05. The molecule has 0 amide bonds. The number of aromatic nitrogens is 3. The Morgan fingerprint density at radius 3 is 3.05 bits per heavy atom. The first-order chi connectivity index (χ1) is 9.16. The van der Waals surface area contributed by atoms with Crippen LogP contribution in [0.2, 0.25) is 0 Å². The van der Waals surface area contributed by atoms with Gasteiger partial charge >= 0.3 is 0 Å². The number of rotatable bonds is 2. The van der Waals surface area contributed by atoms with Gasteiger partial charge in [-0.25, -0.2) is 4.68 Å². The van der Waals surface area contributed by atoms with Crippen molar-refractivity contribution in [1.82, 2.24) is 15.0 Å². The Bertz CT molecular complexity index is 584. The zero-order valence-electron chi connectivity index (χ0n) is 10.3. The van der Waals surface area contributed by atoms with Gasteiger partial charge in [0, 0.05) is 17.7 Å². The molecule has 2 atom stereocenters. The quantitative estimate of drug-likeness (QED) is 0.907. The summed E-state index contributed by atoms with van der Waals surface area (Å²) in [5.41, 5.74) is 7.16. The number of hydrogen-bond acceptors (Lipinski definition) is 5. The molecule has 7 heteroatoms. The van der Waals surface area contributed by atoms with Gasteiger partial charge in [-0.15, -0.1) is 16.9 Å². The van der Waals surface area contributed by atoms with E-state index in [0.717, 1.165) is 22.1 Å². The summed E-state index contributed by atoms with van der Waals surface area (Å²) in [5.74, 6) is 1.71. The predicted octanol–water partition coefficient (Wildman–Crippen LogP) is 2.13. The summed E-state index contributed by atoms with van der Waals surface area (Å²) >= 11 is 5.14. The van der Waals surface area contributed by atoms with E-state index in [4.69, 9.17) is 10.5 Å². The molecule has 2 unspecified atom stereocenters. The second-order valence-electron chi connectivity index (χ2n) is 4.33. The molecule has 3 rings (SSSR count). The summed E-state index contributed by atoms with van der Waals surface area (Å²) in [6.45, 7) is 0. The van der Waals surface area contributed by atoms with Gasteiger partial charge in [-0.1, -0.05) is 17.3 Å². The average Bonchev–Trinajstić information content (AvgIpc) is 2.77. The first kappa shape index (κ1) is 13.0. The van der Waals surface area contributed by atoms with Gasteiger partial charge in [0.1, 0.15) is 11.9 Å². The Morgan fingerprint density at radius 2 is 2.32 bits per heavy atom. The van der Waals surface area contributed by atoms with Crippen molar-refractivity contribution in [3.05, 3.63) is 34.6 Å². The molecule has 0 saturated carbocycles. The highest BCUT2D eigenvalue weighted by atomic mass is 79.9. The number of halogens is 1. The molecular formula is C12H13BrN4OS. The monoisotopic (exact) mass is 340 g/mol. The molecule has 1 aliphatic heterocycles. The van der Waals surface area contributed by atoms with Crippen LogP contribution in [0.3, 0.4) is 0 Å². The van der Waals surface area contributed by atoms with E-state index < -0.39 is 0 Å². The van der Waals surface area contributed by atoms with Crippen LogP contribution in [0.5, 0.6) is 5.75 Å². The molecule has 0 fully saturated rings. The number of aryl methyl sites for hydroxylation is 1. The van der Waals surface area contributed by atoms with Crippen molar-refractivity contribution >= 4 is 27.7 Å². The van der Waals surface area contributed by atoms with Crippen LogP contribution in [0.15, 0.2) is 33.8 Å². The van der Waals surface area contributed by atoms with Crippen molar-refractivity contribution in [3.63, 3.8) is 0 Å². The van der Waals surface area contributed by atoms with Crippen LogP contribution in [0.25, 0.3) is 0 Å². The number of para-hydroxylation sites is 1. The number of benzene rings is 1. The predicted molar refractivity (Wildman–Crippen MR) is 77.2 cm³/mol. The average molecular weight is 341 g/mol. The molecule has 19 heavy (non-hydrogen) atoms. The Morgan fingerprint density at radius 1 is 1.53 bits per heavy atom. The van der Waals surface area contributed by atoms with Crippen molar-refractivity contribution in [3.8, 4) is 5.75 Å². The fraction of sp³-hybridized carbons (Fsp3) is 0.333. The van der Waals surface area contributed by atoms with E-state index in [2.05, 4.69) is 32.3 Å². The van der Waals surface area contributed by atoms with Gasteiger partial charge in [0.05, 0.1) is 11.7 Å². The number of nitrogens with two attached hydrogens (primary N) is 1. The number of fused-ring (bicyclic) bond motifs is 1. The lowest BCUT2D eigenvalue weighted by Crippen LogP contribution is -2.36. The first-order valence-corrected chi connectivity index (χ1v) is 7.64. The summed E-state index contributed by atoms with van der Waals surface area (Å²) in [5, 5.41) is 7.92. The fourth-order valence-corrected chi connectivity index (χ4v) is 3.73. The topological polar surface area (TPSA) is 66.0 Å². The molecule has 0 bridgehead atoms. The normalized spacial score (nSPS) is 19.6. The molecule has 2 heterocycles. The standard InChI is InChI=1S/C12H13BrN4OS/c1-17-11(12(13)15-16-17)10(14)8-6-19-9-5-3-2-4-7(9)18-8/h2-5,8,10H,6,14H2,1H3. The number of nitrogens with zero attached hydrogens (tertiary/aromatic N) is 3. The van der Waals surface area contributed by atoms with Gasteiger partial charge in [0.25, 0.3) is 0 Å². The van der Waals surface area contributed by atoms with Gasteiger partial charge in [0.2, 0.25) is 0 Å². The van der Waals surface area contributed by atoms with E-state index in [-0.39, 0.29) is 12.1 Å². The summed E-state index contributed by atoms with van der Waals surface area (Å²) in [7, 11) is 1.83. The van der Waals surface area contributed by atoms with Crippen molar-refractivity contribution in [2.24, 2.45) is 12.8 Å². The van der Waals surface area contributed by atoms with Crippen LogP contribution in [0.1, 0.15) is 11.7 Å². The van der Waals surface area contributed by atoms with E-state index >= 15 is 0 Å². The molecule has 0 aliphatic carbocycles. The Kier molecular flexibility index (Phi) is 3.51. The smallest absolute Gasteiger partial charge is 0.153 e. The van der Waals surface area contributed by atoms with Crippen LogP contribution in [-0.4, -0.2) is 26.9 Å². The maximum absolute atomic E-state index is 6.30. The van der Waals surface area contributed by atoms with Crippen LogP contribution < -0.4 is 10.5 Å². The maximum atomic E-state index is 6.30. The summed E-state index contributed by atoms with van der Waals surface area (Å²) in [6, 6.07) is 7.74. The van der Waals surface area contributed by atoms with Crippen molar-refractivity contribution < 1.29 is 4.74 Å². The van der Waals surface area contributed by atoms with Crippen LogP contribution in [0, 0.1) is 0 Å². The van der Waals surface area contributed by atoms with Gasteiger partial charge < -0.3 is 10.5 Å². The van der Waals surface area contributed by atoms with Crippen LogP contribution >= 0.6 is 27.7 Å². The summed E-state index contributed by atoms with van der Waals surface area (Å²) in [4.78, 5) is 1.16. The SMILES string of the molecule is Cn1nnc(Br)c1C(N)C1CSc2ccccc2O1. The number of ether oxygens (including phenoxy) is 1. The van der Waals surface area contributed by atoms with E-state index in [0.29, 0.717) is 4.60 Å². The van der Waals surface area contributed by atoms with Gasteiger partial charge in [-0.2, -0.15) is 0 Å². The van der Waals surface area contributed by atoms with Crippen LogP contribution in [-0.2, 0) is 7.05 Å². The van der Waals surface area contributed by atoms with E-state index in [1.165, 1.54) is 0 Å². The third kappa shape index (κ3) is 2.37. The van der Waals surface area contributed by atoms with E-state index in [1.807, 2.05) is 25.2 Å². The molecule has 2 N–H and O–H groups in total. The second-order valence-corrected chi connectivity index (χ2v) is 6.14. The summed E-state index contributed by atoms with van der Waals surface area (Å²) in [6.07, 6.45) is -0.0894. The van der Waals surface area contributed by atoms with Crippen molar-refractivity contribution in [2.75, 3.05) is 5.75 Å². The third-order valence-electron chi connectivity index (χ3n) is 3.07. The molecule has 1 aromatic carbocycles. The lowest BCUT2D eigenvalue weighted by atomic mass is 10.1. The molecule has 0 spiro atoms. The lowest BCUT2D eigenvalue weighted by Gasteiger charge is -2.29. The van der Waals surface area contributed by atoms with Gasteiger partial charge in [-0.05, 0) is 28.1 Å². The molecule has 100 valence electrons. The minimum Gasteiger partial charge on any atom is -0.486 e. The summed E-state index contributed by atoms with van der Waals surface area (Å²) < 4.78 is 8.35. The van der Waals surface area contributed by atoms with E-state index in [1.54, 1.807) is 16.4 Å². The molecule has 1 aromatic heterocycles. The van der Waals surface area contributed by atoms with Gasteiger partial charge in [-0.3, -0.25) is 0 Å². The zero-order chi connectivity index (χ0) is 13.4. The third-order valence-corrected chi connectivity index (χ3v) is 4.78. The van der Waals surface area contributed by atoms with Crippen LogP contribution in [0.4, 0.5) is 0 Å². The highest BCUT2D eigenvalue weighted by molar-refractivity contribution is 9.10. The fourth-order valence-electron chi connectivity index (χ4n) is 2.08. The van der Waals surface area contributed by atoms with Gasteiger partial charge in [0.15, 0.2) is 4.60 Å². The molecule has 5 nitrogen and oxygen atoms in total. The Labute approximate surface area is 123 Å². The highest BCUT2D eigenvalue weighted by Gasteiger charge is 2.30. The number of hydrogen-bond donors (Lipinski definition) is 1. The molecule has 0 saturated heterocycles. The largest absolute Gasteiger partial charge is 0.486 e. The second kappa shape index (κ2) is 5.15. The first-order valence-electron chi connectivity index (χ1n) is 5.86. The maximum Gasteiger partial charge on any atom is 0.153 e. The molecular weight excluding hydrogens is 328 g/mol. The zero-order valence-corrected chi connectivity index (χ0v) is 12.7. The van der Waals surface area contributed by atoms with E-state index in [9.17, 15) is 0 Å².